The normalized spacial score (nSPS) is 24.3. The van der Waals surface area contributed by atoms with Crippen LogP contribution in [0.25, 0.3) is 0 Å². The first-order valence-electron chi connectivity index (χ1n) is 7.11. The van der Waals surface area contributed by atoms with Crippen LogP contribution in [0.5, 0.6) is 0 Å². The van der Waals surface area contributed by atoms with E-state index in [0.29, 0.717) is 11.4 Å². The summed E-state index contributed by atoms with van der Waals surface area (Å²) in [7, 11) is 0. The van der Waals surface area contributed by atoms with E-state index in [2.05, 4.69) is 43.0 Å². The molecule has 2 atom stereocenters. The van der Waals surface area contributed by atoms with Crippen LogP contribution in [-0.2, 0) is 13.0 Å². The molecule has 1 aliphatic rings. The van der Waals surface area contributed by atoms with E-state index < -0.39 is 0 Å². The highest BCUT2D eigenvalue weighted by molar-refractivity contribution is 7.80. The van der Waals surface area contributed by atoms with Gasteiger partial charge in [-0.15, -0.1) is 0 Å². The third kappa shape index (κ3) is 4.59. The number of hydrogen-bond donors (Lipinski definition) is 1. The van der Waals surface area contributed by atoms with Gasteiger partial charge in [0.2, 0.25) is 0 Å². The highest BCUT2D eigenvalue weighted by atomic mass is 32.1. The topological polar surface area (TPSA) is 29.3 Å². The lowest BCUT2D eigenvalue weighted by Crippen LogP contribution is -2.38. The van der Waals surface area contributed by atoms with Gasteiger partial charge in [0.25, 0.3) is 0 Å². The average molecular weight is 276 g/mol. The number of piperidine rings is 1. The molecule has 2 unspecified atom stereocenters. The largest absolute Gasteiger partial charge is 0.393 e. The number of likely N-dealkylation sites (tertiary alicyclic amines) is 1. The molecule has 0 saturated carbocycles. The smallest absolute Gasteiger partial charge is 0.0771 e. The summed E-state index contributed by atoms with van der Waals surface area (Å²) < 4.78 is 0. The summed E-state index contributed by atoms with van der Waals surface area (Å²) in [5.41, 5.74) is 8.21. The van der Waals surface area contributed by atoms with E-state index in [-0.39, 0.29) is 0 Å². The SMILES string of the molecule is CC1CC(C)CN(Cc2cccc(CC(N)=S)c2)C1. The Balaban J connectivity index is 2.00. The van der Waals surface area contributed by atoms with Crippen LogP contribution >= 0.6 is 12.2 Å². The maximum atomic E-state index is 5.62. The van der Waals surface area contributed by atoms with E-state index in [9.17, 15) is 0 Å². The van der Waals surface area contributed by atoms with Gasteiger partial charge in [0, 0.05) is 26.1 Å². The van der Waals surface area contributed by atoms with Crippen molar-refractivity contribution >= 4 is 17.2 Å². The molecule has 0 amide bonds. The first-order chi connectivity index (χ1) is 9.02. The maximum absolute atomic E-state index is 5.62. The standard InChI is InChI=1S/C16H24N2S/c1-12-6-13(2)10-18(9-12)11-15-5-3-4-14(7-15)8-16(17)19/h3-5,7,12-13H,6,8-11H2,1-2H3,(H2,17,19). The minimum atomic E-state index is 0.567. The molecule has 0 spiro atoms. The van der Waals surface area contributed by atoms with E-state index in [4.69, 9.17) is 18.0 Å². The zero-order chi connectivity index (χ0) is 13.8. The molecule has 2 rings (SSSR count). The van der Waals surface area contributed by atoms with Crippen LogP contribution < -0.4 is 5.73 Å². The number of nitrogens with zero attached hydrogens (tertiary/aromatic N) is 1. The lowest BCUT2D eigenvalue weighted by atomic mass is 9.91. The van der Waals surface area contributed by atoms with Crippen LogP contribution in [-0.4, -0.2) is 23.0 Å². The Morgan fingerprint density at radius 3 is 2.53 bits per heavy atom. The minimum absolute atomic E-state index is 0.567. The quantitative estimate of drug-likeness (QED) is 0.857. The van der Waals surface area contributed by atoms with Gasteiger partial charge in [-0.2, -0.15) is 0 Å². The summed E-state index contributed by atoms with van der Waals surface area (Å²) in [4.78, 5) is 3.14. The van der Waals surface area contributed by atoms with Gasteiger partial charge >= 0.3 is 0 Å². The van der Waals surface area contributed by atoms with Crippen molar-refractivity contribution in [2.45, 2.75) is 33.2 Å². The Morgan fingerprint density at radius 1 is 1.26 bits per heavy atom. The van der Waals surface area contributed by atoms with Gasteiger partial charge in [0.1, 0.15) is 0 Å². The molecule has 104 valence electrons. The van der Waals surface area contributed by atoms with Gasteiger partial charge < -0.3 is 5.73 Å². The molecular formula is C16H24N2S. The molecule has 0 bridgehead atoms. The number of nitrogens with two attached hydrogens (primary N) is 1. The molecule has 0 radical (unpaired) electrons. The van der Waals surface area contributed by atoms with Gasteiger partial charge in [-0.25, -0.2) is 0 Å². The molecule has 1 saturated heterocycles. The molecule has 19 heavy (non-hydrogen) atoms. The van der Waals surface area contributed by atoms with Gasteiger partial charge in [-0.05, 0) is 29.4 Å². The third-order valence-corrected chi connectivity index (χ3v) is 3.86. The lowest BCUT2D eigenvalue weighted by molar-refractivity contribution is 0.134. The van der Waals surface area contributed by atoms with Crippen LogP contribution in [0.1, 0.15) is 31.4 Å². The molecule has 1 aromatic rings. The summed E-state index contributed by atoms with van der Waals surface area (Å²) in [6, 6.07) is 8.65. The van der Waals surface area contributed by atoms with Crippen molar-refractivity contribution in [1.29, 1.82) is 0 Å². The van der Waals surface area contributed by atoms with E-state index in [1.807, 2.05) is 0 Å². The van der Waals surface area contributed by atoms with Crippen molar-refractivity contribution < 1.29 is 0 Å². The lowest BCUT2D eigenvalue weighted by Gasteiger charge is -2.35. The second-order valence-electron chi connectivity index (χ2n) is 6.10. The van der Waals surface area contributed by atoms with E-state index in [1.54, 1.807) is 0 Å². The summed E-state index contributed by atoms with van der Waals surface area (Å²) in [6.45, 7) is 8.17. The van der Waals surface area contributed by atoms with Crippen molar-refractivity contribution in [3.05, 3.63) is 35.4 Å². The van der Waals surface area contributed by atoms with Gasteiger partial charge in [-0.3, -0.25) is 4.90 Å². The summed E-state index contributed by atoms with van der Waals surface area (Å²) >= 11 is 4.98. The van der Waals surface area contributed by atoms with Crippen LogP contribution in [0.4, 0.5) is 0 Å². The Kier molecular flexibility index (Phi) is 4.94. The van der Waals surface area contributed by atoms with Crippen molar-refractivity contribution in [3.63, 3.8) is 0 Å². The second-order valence-corrected chi connectivity index (χ2v) is 6.63. The molecule has 0 aliphatic carbocycles. The molecule has 1 aromatic carbocycles. The van der Waals surface area contributed by atoms with E-state index in [1.165, 1.54) is 30.6 Å². The third-order valence-electron chi connectivity index (χ3n) is 3.72. The molecule has 0 aromatic heterocycles. The fourth-order valence-electron chi connectivity index (χ4n) is 3.22. The Bertz CT molecular complexity index is 434. The number of thiocarbonyl (C=S) groups is 1. The van der Waals surface area contributed by atoms with Crippen molar-refractivity contribution in [2.24, 2.45) is 17.6 Å². The zero-order valence-corrected chi connectivity index (χ0v) is 12.7. The Morgan fingerprint density at radius 2 is 1.89 bits per heavy atom. The Hall–Kier alpha value is -0.930. The van der Waals surface area contributed by atoms with Crippen molar-refractivity contribution in [2.75, 3.05) is 13.1 Å². The molecular weight excluding hydrogens is 252 g/mol. The number of hydrogen-bond acceptors (Lipinski definition) is 2. The van der Waals surface area contributed by atoms with E-state index in [0.717, 1.165) is 18.4 Å². The second kappa shape index (κ2) is 6.49. The number of benzene rings is 1. The predicted octanol–water partition coefficient (Wildman–Crippen LogP) is 2.99. The monoisotopic (exact) mass is 276 g/mol. The summed E-state index contributed by atoms with van der Waals surface area (Å²) in [5, 5.41) is 0. The maximum Gasteiger partial charge on any atom is 0.0771 e. The predicted molar refractivity (Wildman–Crippen MR) is 85.2 cm³/mol. The minimum Gasteiger partial charge on any atom is -0.393 e. The highest BCUT2D eigenvalue weighted by Crippen LogP contribution is 2.22. The van der Waals surface area contributed by atoms with Crippen LogP contribution in [0, 0.1) is 11.8 Å². The molecule has 2 nitrogen and oxygen atoms in total. The molecule has 1 heterocycles. The molecule has 1 fully saturated rings. The zero-order valence-electron chi connectivity index (χ0n) is 11.9. The van der Waals surface area contributed by atoms with Crippen LogP contribution in [0.2, 0.25) is 0 Å². The van der Waals surface area contributed by atoms with Gasteiger partial charge in [-0.1, -0.05) is 50.3 Å². The molecule has 2 N–H and O–H groups in total. The fourth-order valence-corrected chi connectivity index (χ4v) is 3.39. The highest BCUT2D eigenvalue weighted by Gasteiger charge is 2.21. The van der Waals surface area contributed by atoms with Gasteiger partial charge in [0.15, 0.2) is 0 Å². The molecule has 3 heteroatoms. The fraction of sp³-hybridized carbons (Fsp3) is 0.562. The summed E-state index contributed by atoms with van der Waals surface area (Å²) in [5.74, 6) is 1.62. The Labute approximate surface area is 122 Å². The summed E-state index contributed by atoms with van der Waals surface area (Å²) in [6.07, 6.45) is 2.06. The average Bonchev–Trinajstić information content (AvgIpc) is 2.26. The first kappa shape index (κ1) is 14.5. The molecule has 1 aliphatic heterocycles. The van der Waals surface area contributed by atoms with Gasteiger partial charge in [0.05, 0.1) is 4.99 Å². The first-order valence-corrected chi connectivity index (χ1v) is 7.52. The number of rotatable bonds is 4. The van der Waals surface area contributed by atoms with Crippen LogP contribution in [0.15, 0.2) is 24.3 Å². The van der Waals surface area contributed by atoms with Crippen molar-refractivity contribution in [3.8, 4) is 0 Å². The van der Waals surface area contributed by atoms with Crippen LogP contribution in [0.3, 0.4) is 0 Å². The van der Waals surface area contributed by atoms with Crippen molar-refractivity contribution in [1.82, 2.24) is 4.90 Å². The van der Waals surface area contributed by atoms with E-state index >= 15 is 0 Å².